The number of amides is 1. The van der Waals surface area contributed by atoms with Gasteiger partial charge in [-0.25, -0.2) is 14.4 Å². The van der Waals surface area contributed by atoms with Gasteiger partial charge in [-0.05, 0) is 35.7 Å². The summed E-state index contributed by atoms with van der Waals surface area (Å²) < 4.78 is 0.972. The van der Waals surface area contributed by atoms with Crippen LogP contribution in [-0.4, -0.2) is 31.3 Å². The lowest BCUT2D eigenvalue weighted by atomic mass is 10.0. The van der Waals surface area contributed by atoms with Crippen LogP contribution in [0.15, 0.2) is 56.5 Å². The smallest absolute Gasteiger partial charge is 0.335 e. The summed E-state index contributed by atoms with van der Waals surface area (Å²) in [4.78, 5) is 40.6. The number of benzene rings is 1. The number of aromatic amines is 1. The van der Waals surface area contributed by atoms with Crippen LogP contribution in [0.4, 0.5) is 0 Å². The summed E-state index contributed by atoms with van der Waals surface area (Å²) in [5, 5.41) is 18.9. The van der Waals surface area contributed by atoms with Crippen molar-refractivity contribution >= 4 is 34.6 Å². The lowest BCUT2D eigenvalue weighted by Gasteiger charge is -2.19. The Balaban J connectivity index is 1.85. The van der Waals surface area contributed by atoms with Crippen molar-refractivity contribution in [3.05, 3.63) is 78.1 Å². The minimum absolute atomic E-state index is 0.141. The molecule has 3 heterocycles. The summed E-state index contributed by atoms with van der Waals surface area (Å²) in [6, 6.07) is 9.61. The second-order valence-electron chi connectivity index (χ2n) is 6.64. The molecule has 1 aliphatic rings. The lowest BCUT2D eigenvalue weighted by molar-refractivity contribution is -0.132. The van der Waals surface area contributed by atoms with Crippen molar-refractivity contribution in [3.63, 3.8) is 0 Å². The largest absolute Gasteiger partial charge is 0.493 e. The van der Waals surface area contributed by atoms with Crippen molar-refractivity contribution in [3.8, 4) is 11.6 Å². The number of hydrogen-bond donors (Lipinski definition) is 2. The van der Waals surface area contributed by atoms with E-state index >= 15 is 0 Å². The van der Waals surface area contributed by atoms with Crippen LogP contribution in [-0.2, 0) is 4.79 Å². The number of thiophene rings is 1. The highest BCUT2D eigenvalue weighted by Gasteiger charge is 2.35. The van der Waals surface area contributed by atoms with Gasteiger partial charge in [0.2, 0.25) is 11.8 Å². The van der Waals surface area contributed by atoms with Crippen LogP contribution in [0.5, 0.6) is 5.88 Å². The molecule has 0 radical (unpaired) electrons. The minimum Gasteiger partial charge on any atom is -0.493 e. The second kappa shape index (κ2) is 7.92. The number of H-pyrrole nitrogens is 1. The van der Waals surface area contributed by atoms with Crippen molar-refractivity contribution < 1.29 is 9.90 Å². The summed E-state index contributed by atoms with van der Waals surface area (Å²) in [7, 11) is 0. The number of nitrogens with zero attached hydrogens (tertiary/aromatic N) is 3. The topological polar surface area (TPSA) is 108 Å². The molecule has 1 aromatic carbocycles. The van der Waals surface area contributed by atoms with Crippen LogP contribution in [0.25, 0.3) is 5.69 Å². The Morgan fingerprint density at radius 3 is 2.67 bits per heavy atom. The number of rotatable bonds is 4. The molecular formula is C20H17ClN4O4S. The standard InChI is InChI=1S/C20H17ClN4O4S/c1-2-16(26)25-14(15-4-3-9-30-15)10-13(23-25)17-18(27)22-20(29)24(19(17)28)12-7-5-11(21)6-8-12/h3-9,14,28H,2,10H2,1H3,(H,22,27,29)/t14-/m0/s1. The van der Waals surface area contributed by atoms with Gasteiger partial charge >= 0.3 is 5.69 Å². The molecule has 30 heavy (non-hydrogen) atoms. The van der Waals surface area contributed by atoms with Gasteiger partial charge in [0, 0.05) is 22.7 Å². The monoisotopic (exact) mass is 444 g/mol. The van der Waals surface area contributed by atoms with Gasteiger partial charge in [0.15, 0.2) is 0 Å². The second-order valence-corrected chi connectivity index (χ2v) is 8.06. The Bertz CT molecular complexity index is 1250. The van der Waals surface area contributed by atoms with E-state index in [1.54, 1.807) is 31.2 Å². The maximum atomic E-state index is 12.6. The van der Waals surface area contributed by atoms with E-state index in [1.807, 2.05) is 17.5 Å². The minimum atomic E-state index is -0.793. The van der Waals surface area contributed by atoms with Gasteiger partial charge in [-0.1, -0.05) is 24.6 Å². The van der Waals surface area contributed by atoms with Crippen LogP contribution in [0.1, 0.15) is 36.2 Å². The predicted octanol–water partition coefficient (Wildman–Crippen LogP) is 3.03. The molecule has 1 amide bonds. The molecule has 2 aromatic heterocycles. The number of halogens is 1. The van der Waals surface area contributed by atoms with Gasteiger partial charge in [0.25, 0.3) is 5.56 Å². The van der Waals surface area contributed by atoms with Crippen molar-refractivity contribution in [2.75, 3.05) is 0 Å². The molecule has 0 unspecified atom stereocenters. The van der Waals surface area contributed by atoms with Gasteiger partial charge in [-0.3, -0.25) is 14.6 Å². The van der Waals surface area contributed by atoms with E-state index in [0.717, 1.165) is 9.44 Å². The molecule has 2 N–H and O–H groups in total. The van der Waals surface area contributed by atoms with Gasteiger partial charge in [-0.15, -0.1) is 11.3 Å². The summed E-state index contributed by atoms with van der Waals surface area (Å²) in [6.07, 6.45) is 0.479. The fourth-order valence-electron chi connectivity index (χ4n) is 3.37. The zero-order chi connectivity index (χ0) is 21.4. The van der Waals surface area contributed by atoms with Crippen molar-refractivity contribution in [2.24, 2.45) is 5.10 Å². The first-order valence-electron chi connectivity index (χ1n) is 9.18. The molecule has 0 bridgehead atoms. The summed E-state index contributed by atoms with van der Waals surface area (Å²) in [5.74, 6) is -0.745. The highest BCUT2D eigenvalue weighted by atomic mass is 35.5. The highest BCUT2D eigenvalue weighted by Crippen LogP contribution is 2.36. The number of carbonyl (C=O) groups is 1. The molecule has 0 saturated heterocycles. The van der Waals surface area contributed by atoms with E-state index in [9.17, 15) is 19.5 Å². The van der Waals surface area contributed by atoms with Gasteiger partial charge in [-0.2, -0.15) is 5.10 Å². The zero-order valence-electron chi connectivity index (χ0n) is 15.8. The van der Waals surface area contributed by atoms with Gasteiger partial charge in [0.05, 0.1) is 17.4 Å². The molecule has 8 nitrogen and oxygen atoms in total. The molecule has 0 fully saturated rings. The normalized spacial score (nSPS) is 16.0. The molecule has 154 valence electrons. The van der Waals surface area contributed by atoms with Gasteiger partial charge in [0.1, 0.15) is 5.56 Å². The number of aromatic hydroxyl groups is 1. The van der Waals surface area contributed by atoms with Crippen molar-refractivity contribution in [2.45, 2.75) is 25.8 Å². The fraction of sp³-hybridized carbons (Fsp3) is 0.200. The number of hydrogen-bond acceptors (Lipinski definition) is 6. The SMILES string of the molecule is CCC(=O)N1N=C(c2c(O)n(-c3ccc(Cl)cc3)c(=O)[nH]c2=O)C[C@H]1c1cccs1. The molecule has 0 spiro atoms. The maximum Gasteiger partial charge on any atom is 0.335 e. The number of carbonyl (C=O) groups excluding carboxylic acids is 1. The molecule has 0 aliphatic carbocycles. The third kappa shape index (κ3) is 3.46. The Morgan fingerprint density at radius 2 is 2.03 bits per heavy atom. The first kappa shape index (κ1) is 20.1. The van der Waals surface area contributed by atoms with E-state index in [-0.39, 0.29) is 36.1 Å². The van der Waals surface area contributed by atoms with E-state index in [4.69, 9.17) is 11.6 Å². The summed E-state index contributed by atoms with van der Waals surface area (Å²) >= 11 is 7.38. The quantitative estimate of drug-likeness (QED) is 0.644. The number of nitrogens with one attached hydrogen (secondary N) is 1. The molecule has 4 rings (SSSR count). The average molecular weight is 445 g/mol. The predicted molar refractivity (Wildman–Crippen MR) is 115 cm³/mol. The van der Waals surface area contributed by atoms with Crippen LogP contribution in [0.3, 0.4) is 0 Å². The zero-order valence-corrected chi connectivity index (χ0v) is 17.4. The Morgan fingerprint density at radius 1 is 1.30 bits per heavy atom. The lowest BCUT2D eigenvalue weighted by Crippen LogP contribution is -2.33. The Labute approximate surface area is 179 Å². The summed E-state index contributed by atoms with van der Waals surface area (Å²) in [6.45, 7) is 1.73. The van der Waals surface area contributed by atoms with Gasteiger partial charge < -0.3 is 5.11 Å². The van der Waals surface area contributed by atoms with Crippen molar-refractivity contribution in [1.82, 2.24) is 14.6 Å². The average Bonchev–Trinajstić information content (AvgIpc) is 3.38. The fourth-order valence-corrected chi connectivity index (χ4v) is 4.31. The molecule has 10 heteroatoms. The summed E-state index contributed by atoms with van der Waals surface area (Å²) in [5.41, 5.74) is -1.14. The molecule has 1 atom stereocenters. The number of aromatic nitrogens is 2. The molecule has 3 aromatic rings. The first-order valence-corrected chi connectivity index (χ1v) is 10.4. The van der Waals surface area contributed by atoms with Crippen molar-refractivity contribution in [1.29, 1.82) is 0 Å². The highest BCUT2D eigenvalue weighted by molar-refractivity contribution is 7.10. The van der Waals surface area contributed by atoms with E-state index < -0.39 is 17.1 Å². The van der Waals surface area contributed by atoms with Crippen LogP contribution in [0.2, 0.25) is 5.02 Å². The van der Waals surface area contributed by atoms with E-state index in [0.29, 0.717) is 10.7 Å². The first-order chi connectivity index (χ1) is 14.4. The Hall–Kier alpha value is -3.17. The van der Waals surface area contributed by atoms with Crippen LogP contribution in [0, 0.1) is 0 Å². The molecule has 0 saturated carbocycles. The third-order valence-electron chi connectivity index (χ3n) is 4.80. The molecular weight excluding hydrogens is 428 g/mol. The Kier molecular flexibility index (Phi) is 5.31. The van der Waals surface area contributed by atoms with Crippen LogP contribution >= 0.6 is 22.9 Å². The van der Waals surface area contributed by atoms with E-state index in [1.165, 1.54) is 16.3 Å². The third-order valence-corrected chi connectivity index (χ3v) is 6.02. The molecule has 1 aliphatic heterocycles. The number of hydrazone groups is 1. The van der Waals surface area contributed by atoms with Crippen LogP contribution < -0.4 is 11.2 Å². The maximum absolute atomic E-state index is 12.6. The van der Waals surface area contributed by atoms with E-state index in [2.05, 4.69) is 10.1 Å².